The Morgan fingerprint density at radius 3 is 2.53 bits per heavy atom. The van der Waals surface area contributed by atoms with Crippen LogP contribution < -0.4 is 15.2 Å². The van der Waals surface area contributed by atoms with Crippen molar-refractivity contribution < 1.29 is 14.3 Å². The zero-order valence-corrected chi connectivity index (χ0v) is 20.5. The number of methoxy groups -OCH3 is 1. The number of amides is 1. The summed E-state index contributed by atoms with van der Waals surface area (Å²) in [4.78, 5) is 18.3. The second-order valence-corrected chi connectivity index (χ2v) is 8.83. The molecule has 8 nitrogen and oxygen atoms in total. The van der Waals surface area contributed by atoms with Gasteiger partial charge in [0.2, 0.25) is 0 Å². The maximum absolute atomic E-state index is 12.5. The number of ether oxygens (including phenoxy) is 2. The number of hydrogen-bond acceptors (Lipinski definition) is 5. The van der Waals surface area contributed by atoms with Gasteiger partial charge in [0.05, 0.1) is 25.5 Å². The summed E-state index contributed by atoms with van der Waals surface area (Å²) in [6.45, 7) is 4.65. The Hall–Kier alpha value is -4.22. The number of H-pyrrole nitrogens is 1. The first-order valence-electron chi connectivity index (χ1n) is 12.0. The van der Waals surface area contributed by atoms with Crippen molar-refractivity contribution in [3.05, 3.63) is 66.0 Å². The lowest BCUT2D eigenvalue weighted by molar-refractivity contribution is 0.0994. The molecule has 1 fully saturated rings. The van der Waals surface area contributed by atoms with Crippen LogP contribution >= 0.6 is 0 Å². The summed E-state index contributed by atoms with van der Waals surface area (Å²) in [5, 5.41) is 4.53. The first kappa shape index (κ1) is 23.5. The summed E-state index contributed by atoms with van der Waals surface area (Å²) >= 11 is 0. The van der Waals surface area contributed by atoms with E-state index in [2.05, 4.69) is 26.8 Å². The first-order valence-corrected chi connectivity index (χ1v) is 12.0. The van der Waals surface area contributed by atoms with Gasteiger partial charge >= 0.3 is 0 Å². The number of likely N-dealkylation sites (tertiary alicyclic amines) is 1. The third kappa shape index (κ3) is 4.53. The highest BCUT2D eigenvalue weighted by molar-refractivity contribution is 5.98. The van der Waals surface area contributed by atoms with Crippen LogP contribution in [0.15, 0.2) is 54.7 Å². The van der Waals surface area contributed by atoms with E-state index in [4.69, 9.17) is 15.2 Å². The third-order valence-corrected chi connectivity index (χ3v) is 6.67. The average molecular weight is 484 g/mol. The maximum Gasteiger partial charge on any atom is 0.269 e. The van der Waals surface area contributed by atoms with E-state index in [1.54, 1.807) is 11.6 Å². The van der Waals surface area contributed by atoms with E-state index < -0.39 is 5.91 Å². The molecule has 2 aromatic carbocycles. The predicted molar refractivity (Wildman–Crippen MR) is 138 cm³/mol. The molecule has 0 aliphatic carbocycles. The van der Waals surface area contributed by atoms with Crippen LogP contribution in [0.1, 0.15) is 41.7 Å². The second-order valence-electron chi connectivity index (χ2n) is 8.83. The summed E-state index contributed by atoms with van der Waals surface area (Å²) in [5.74, 6) is 7.87. The normalized spacial score (nSPS) is 14.4. The lowest BCUT2D eigenvalue weighted by Gasteiger charge is -2.30. The van der Waals surface area contributed by atoms with Crippen molar-refractivity contribution in [2.24, 2.45) is 5.73 Å². The Bertz CT molecular complexity index is 1430. The highest BCUT2D eigenvalue weighted by Gasteiger charge is 2.27. The molecule has 184 valence electrons. The number of rotatable bonds is 7. The summed E-state index contributed by atoms with van der Waals surface area (Å²) < 4.78 is 13.0. The Kier molecular flexibility index (Phi) is 6.65. The number of aromatic amines is 1. The number of nitrogens with one attached hydrogen (secondary N) is 1. The Morgan fingerprint density at radius 2 is 1.86 bits per heavy atom. The van der Waals surface area contributed by atoms with E-state index in [0.717, 1.165) is 49.2 Å². The zero-order chi connectivity index (χ0) is 25.1. The first-order chi connectivity index (χ1) is 17.6. The maximum atomic E-state index is 12.5. The molecule has 0 spiro atoms. The monoisotopic (exact) mass is 483 g/mol. The van der Waals surface area contributed by atoms with Gasteiger partial charge in [-0.2, -0.15) is 5.10 Å². The number of primary amides is 1. The number of carbonyl (C=O) groups is 1. The predicted octanol–water partition coefficient (Wildman–Crippen LogP) is 4.43. The minimum atomic E-state index is -0.534. The van der Waals surface area contributed by atoms with Crippen LogP contribution in [0.2, 0.25) is 0 Å². The molecule has 36 heavy (non-hydrogen) atoms. The minimum absolute atomic E-state index is 0.338. The highest BCUT2D eigenvalue weighted by atomic mass is 16.5. The van der Waals surface area contributed by atoms with Crippen molar-refractivity contribution in [1.82, 2.24) is 19.5 Å². The molecule has 1 saturated heterocycles. The van der Waals surface area contributed by atoms with Gasteiger partial charge in [0.1, 0.15) is 11.4 Å². The Labute approximate surface area is 210 Å². The van der Waals surface area contributed by atoms with Crippen LogP contribution in [-0.4, -0.2) is 52.1 Å². The largest absolute Gasteiger partial charge is 0.493 e. The van der Waals surface area contributed by atoms with Crippen molar-refractivity contribution in [3.8, 4) is 40.3 Å². The molecule has 1 aliphatic heterocycles. The van der Waals surface area contributed by atoms with Crippen molar-refractivity contribution in [3.63, 3.8) is 0 Å². The van der Waals surface area contributed by atoms with E-state index >= 15 is 0 Å². The fourth-order valence-corrected chi connectivity index (χ4v) is 4.79. The number of hydrogen-bond donors (Lipinski definition) is 2. The topological polar surface area (TPSA) is 97.9 Å². The quantitative estimate of drug-likeness (QED) is 0.379. The van der Waals surface area contributed by atoms with Crippen molar-refractivity contribution in [1.29, 1.82) is 0 Å². The van der Waals surface area contributed by atoms with Crippen molar-refractivity contribution >= 4 is 11.6 Å². The number of carbonyl (C=O) groups excluding carboxylic acids is 1. The van der Waals surface area contributed by atoms with Crippen LogP contribution in [0.3, 0.4) is 0 Å². The number of fused-ring (bicyclic) bond motifs is 1. The summed E-state index contributed by atoms with van der Waals surface area (Å²) in [5.41, 5.74) is 9.54. The van der Waals surface area contributed by atoms with Crippen molar-refractivity contribution in [2.45, 2.75) is 25.7 Å². The van der Waals surface area contributed by atoms with Crippen molar-refractivity contribution in [2.75, 3.05) is 26.7 Å². The highest BCUT2D eigenvalue weighted by Crippen LogP contribution is 2.35. The lowest BCUT2D eigenvalue weighted by atomic mass is 9.91. The molecule has 0 bridgehead atoms. The molecular weight excluding hydrogens is 454 g/mol. The number of imidazole rings is 1. The molecule has 0 radical (unpaired) electrons. The number of para-hydroxylation sites is 2. The van der Waals surface area contributed by atoms with E-state index in [9.17, 15) is 4.79 Å². The number of nitrogens with zero attached hydrogens (tertiary/aromatic N) is 3. The van der Waals surface area contributed by atoms with Gasteiger partial charge in [-0.1, -0.05) is 18.1 Å². The fourth-order valence-electron chi connectivity index (χ4n) is 4.79. The van der Waals surface area contributed by atoms with Crippen LogP contribution in [-0.2, 0) is 0 Å². The Balaban J connectivity index is 1.41. The van der Waals surface area contributed by atoms with Crippen LogP contribution in [0.25, 0.3) is 16.9 Å². The molecular formula is C28H29N5O3. The average Bonchev–Trinajstić information content (AvgIpc) is 3.48. The number of benzene rings is 2. The molecule has 3 N–H and O–H groups in total. The molecule has 8 heteroatoms. The summed E-state index contributed by atoms with van der Waals surface area (Å²) in [6, 6.07) is 15.0. The fraction of sp³-hybridized carbons (Fsp3) is 0.286. The smallest absolute Gasteiger partial charge is 0.269 e. The van der Waals surface area contributed by atoms with Gasteiger partial charge in [-0.25, -0.2) is 4.52 Å². The number of aromatic nitrogens is 3. The third-order valence-electron chi connectivity index (χ3n) is 6.67. The van der Waals surface area contributed by atoms with E-state index in [-0.39, 0.29) is 0 Å². The number of nitrogens with two attached hydrogens (primary N) is 1. The van der Waals surface area contributed by atoms with Crippen LogP contribution in [0.5, 0.6) is 17.2 Å². The van der Waals surface area contributed by atoms with Gasteiger partial charge in [-0.05, 0) is 75.2 Å². The molecule has 3 heterocycles. The molecule has 1 aliphatic rings. The number of piperidine rings is 1. The van der Waals surface area contributed by atoms with E-state index in [0.29, 0.717) is 34.6 Å². The molecule has 2 aromatic heterocycles. The van der Waals surface area contributed by atoms with E-state index in [1.165, 1.54) is 0 Å². The molecule has 0 saturated carbocycles. The van der Waals surface area contributed by atoms with Crippen LogP contribution in [0, 0.1) is 11.8 Å². The van der Waals surface area contributed by atoms with E-state index in [1.807, 2.05) is 61.7 Å². The Morgan fingerprint density at radius 1 is 1.14 bits per heavy atom. The standard InChI is InChI=1S/C28H29N5O3/c1-3-4-15-32-16-13-19(14-17-32)22-18-30-33-26(27(29)34)25(31-28(22)33)20-9-11-21(12-10-20)36-24-8-6-5-7-23(24)35-2/h5-12,18-19,31H,13-17H2,1-2H3,(H2,29,34). The molecule has 0 atom stereocenters. The summed E-state index contributed by atoms with van der Waals surface area (Å²) in [7, 11) is 1.61. The summed E-state index contributed by atoms with van der Waals surface area (Å²) in [6.07, 6.45) is 3.89. The van der Waals surface area contributed by atoms with Gasteiger partial charge in [-0.3, -0.25) is 9.69 Å². The lowest BCUT2D eigenvalue weighted by Crippen LogP contribution is -2.33. The molecule has 0 unspecified atom stereocenters. The molecule has 5 rings (SSSR count). The SMILES string of the molecule is CC#CCN1CCC(c2cnn3c(C(N)=O)c(-c4ccc(Oc5ccccc5OC)cc4)[nH]c23)CC1. The van der Waals surface area contributed by atoms with Gasteiger partial charge < -0.3 is 20.2 Å². The molecule has 1 amide bonds. The zero-order valence-electron chi connectivity index (χ0n) is 20.5. The minimum Gasteiger partial charge on any atom is -0.493 e. The van der Waals surface area contributed by atoms with Gasteiger partial charge in [-0.15, -0.1) is 5.92 Å². The second kappa shape index (κ2) is 10.2. The van der Waals surface area contributed by atoms with Crippen LogP contribution in [0.4, 0.5) is 0 Å². The van der Waals surface area contributed by atoms with Gasteiger partial charge in [0.15, 0.2) is 17.2 Å². The van der Waals surface area contributed by atoms with Gasteiger partial charge in [0, 0.05) is 11.1 Å². The van der Waals surface area contributed by atoms with Gasteiger partial charge in [0.25, 0.3) is 5.91 Å². The molecule has 4 aromatic rings.